The second-order valence-corrected chi connectivity index (χ2v) is 3.35. The van der Waals surface area contributed by atoms with Crippen molar-refractivity contribution in [3.63, 3.8) is 0 Å². The van der Waals surface area contributed by atoms with Crippen molar-refractivity contribution < 1.29 is 21.5 Å². The van der Waals surface area contributed by atoms with Crippen LogP contribution in [-0.2, 0) is 6.54 Å². The van der Waals surface area contributed by atoms with Gasteiger partial charge in [-0.2, -0.15) is 0 Å². The van der Waals surface area contributed by atoms with Crippen LogP contribution in [0.2, 0.25) is 0 Å². The summed E-state index contributed by atoms with van der Waals surface area (Å²) in [5.74, 6) is 0. The molecule has 2 heteroatoms. The lowest BCUT2D eigenvalue weighted by Gasteiger charge is -2.00. The second kappa shape index (κ2) is 6.77. The minimum absolute atomic E-state index is 0. The Morgan fingerprint density at radius 1 is 1.43 bits per heavy atom. The minimum Gasteiger partial charge on any atom is -1.00 e. The standard InChI is InChI=1S/C12H18N.BrH/c1-4-6-9-13-10-12(5-2)8-7-11(13)3;/h5,7-8,10H,2,4,6,9H2,1,3H3;1H/q+1;/p-1. The van der Waals surface area contributed by atoms with Crippen LogP contribution in [0.25, 0.3) is 6.08 Å². The van der Waals surface area contributed by atoms with Crippen molar-refractivity contribution in [2.24, 2.45) is 0 Å². The third-order valence-corrected chi connectivity index (χ3v) is 2.26. The van der Waals surface area contributed by atoms with Gasteiger partial charge in [-0.15, -0.1) is 0 Å². The highest BCUT2D eigenvalue weighted by Crippen LogP contribution is 1.99. The molecule has 0 saturated heterocycles. The molecule has 0 atom stereocenters. The summed E-state index contributed by atoms with van der Waals surface area (Å²) < 4.78 is 2.29. The SMILES string of the molecule is C=Cc1ccc(C)[n+](CCCC)c1.[Br-]. The van der Waals surface area contributed by atoms with E-state index in [-0.39, 0.29) is 17.0 Å². The van der Waals surface area contributed by atoms with E-state index in [1.54, 1.807) is 0 Å². The van der Waals surface area contributed by atoms with Gasteiger partial charge in [0, 0.05) is 25.0 Å². The molecule has 0 fully saturated rings. The van der Waals surface area contributed by atoms with Gasteiger partial charge in [0.25, 0.3) is 0 Å². The van der Waals surface area contributed by atoms with E-state index in [2.05, 4.69) is 43.3 Å². The molecule has 0 unspecified atom stereocenters. The number of aryl methyl sites for hydroxylation is 2. The molecule has 0 aliphatic heterocycles. The van der Waals surface area contributed by atoms with Gasteiger partial charge in [-0.3, -0.25) is 0 Å². The van der Waals surface area contributed by atoms with Gasteiger partial charge in [0.1, 0.15) is 6.54 Å². The number of rotatable bonds is 4. The van der Waals surface area contributed by atoms with E-state index in [9.17, 15) is 0 Å². The molecule has 1 aromatic rings. The van der Waals surface area contributed by atoms with Gasteiger partial charge in [-0.25, -0.2) is 4.57 Å². The molecule has 0 spiro atoms. The van der Waals surface area contributed by atoms with Gasteiger partial charge in [0.2, 0.25) is 0 Å². The quantitative estimate of drug-likeness (QED) is 0.653. The highest BCUT2D eigenvalue weighted by molar-refractivity contribution is 5.43. The van der Waals surface area contributed by atoms with Crippen LogP contribution in [0.5, 0.6) is 0 Å². The highest BCUT2D eigenvalue weighted by Gasteiger charge is 2.04. The van der Waals surface area contributed by atoms with Gasteiger partial charge in [-0.05, 0) is 6.07 Å². The predicted octanol–water partition coefficient (Wildman–Crippen LogP) is -0.270. The summed E-state index contributed by atoms with van der Waals surface area (Å²) in [4.78, 5) is 0. The highest BCUT2D eigenvalue weighted by atomic mass is 79.9. The topological polar surface area (TPSA) is 3.88 Å². The molecule has 0 aliphatic rings. The van der Waals surface area contributed by atoms with E-state index >= 15 is 0 Å². The Morgan fingerprint density at radius 3 is 2.71 bits per heavy atom. The Labute approximate surface area is 97.2 Å². The first-order chi connectivity index (χ1) is 6.27. The number of pyridine rings is 1. The lowest BCUT2D eigenvalue weighted by atomic mass is 10.2. The summed E-state index contributed by atoms with van der Waals surface area (Å²) in [7, 11) is 0. The lowest BCUT2D eigenvalue weighted by molar-refractivity contribution is -0.703. The molecule has 1 heterocycles. The van der Waals surface area contributed by atoms with Crippen molar-refractivity contribution in [1.29, 1.82) is 0 Å². The van der Waals surface area contributed by atoms with Gasteiger partial charge < -0.3 is 17.0 Å². The maximum absolute atomic E-state index is 3.77. The molecule has 0 aromatic carbocycles. The van der Waals surface area contributed by atoms with E-state index in [1.165, 1.54) is 24.1 Å². The Hall–Kier alpha value is -0.630. The first-order valence-corrected chi connectivity index (χ1v) is 4.90. The number of hydrogen-bond donors (Lipinski definition) is 0. The van der Waals surface area contributed by atoms with E-state index in [1.807, 2.05) is 6.08 Å². The van der Waals surface area contributed by atoms with Gasteiger partial charge in [0.15, 0.2) is 11.9 Å². The second-order valence-electron chi connectivity index (χ2n) is 3.35. The summed E-state index contributed by atoms with van der Waals surface area (Å²) in [6.45, 7) is 9.24. The molecular weight excluding hydrogens is 238 g/mol. The van der Waals surface area contributed by atoms with E-state index in [0.29, 0.717) is 0 Å². The minimum atomic E-state index is 0. The number of hydrogen-bond acceptors (Lipinski definition) is 0. The third kappa shape index (κ3) is 3.62. The first-order valence-electron chi connectivity index (χ1n) is 4.90. The van der Waals surface area contributed by atoms with Gasteiger partial charge in [-0.1, -0.05) is 26.0 Å². The zero-order chi connectivity index (χ0) is 9.68. The van der Waals surface area contributed by atoms with Crippen molar-refractivity contribution in [2.75, 3.05) is 0 Å². The number of unbranched alkanes of at least 4 members (excludes halogenated alkanes) is 1. The fourth-order valence-corrected chi connectivity index (χ4v) is 1.33. The van der Waals surface area contributed by atoms with E-state index < -0.39 is 0 Å². The molecule has 0 N–H and O–H groups in total. The first kappa shape index (κ1) is 13.4. The molecule has 1 aromatic heterocycles. The van der Waals surface area contributed by atoms with Crippen molar-refractivity contribution in [2.45, 2.75) is 33.2 Å². The maximum Gasteiger partial charge on any atom is 0.178 e. The molecule has 1 rings (SSSR count). The van der Waals surface area contributed by atoms with Crippen LogP contribution < -0.4 is 21.5 Å². The summed E-state index contributed by atoms with van der Waals surface area (Å²) in [6, 6.07) is 4.25. The fraction of sp³-hybridized carbons (Fsp3) is 0.417. The summed E-state index contributed by atoms with van der Waals surface area (Å²) in [6.07, 6.45) is 6.54. The smallest absolute Gasteiger partial charge is 0.178 e. The van der Waals surface area contributed by atoms with E-state index in [4.69, 9.17) is 0 Å². The van der Waals surface area contributed by atoms with Crippen molar-refractivity contribution in [1.82, 2.24) is 0 Å². The summed E-state index contributed by atoms with van der Waals surface area (Å²) in [5, 5.41) is 0. The largest absolute Gasteiger partial charge is 1.00 e. The Bertz CT molecular complexity index is 294. The number of nitrogens with zero attached hydrogens (tertiary/aromatic N) is 1. The molecule has 0 saturated carbocycles. The molecule has 1 nitrogen and oxygen atoms in total. The van der Waals surface area contributed by atoms with Gasteiger partial charge >= 0.3 is 0 Å². The van der Waals surface area contributed by atoms with Crippen molar-refractivity contribution in [3.8, 4) is 0 Å². The molecule has 78 valence electrons. The lowest BCUT2D eigenvalue weighted by Crippen LogP contribution is -3.00. The van der Waals surface area contributed by atoms with Gasteiger partial charge in [0.05, 0.1) is 0 Å². The van der Waals surface area contributed by atoms with Crippen LogP contribution >= 0.6 is 0 Å². The predicted molar refractivity (Wildman–Crippen MR) is 56.4 cm³/mol. The van der Waals surface area contributed by atoms with Crippen LogP contribution in [0.3, 0.4) is 0 Å². The average molecular weight is 256 g/mol. The maximum atomic E-state index is 3.77. The monoisotopic (exact) mass is 255 g/mol. The third-order valence-electron chi connectivity index (χ3n) is 2.26. The molecule has 0 amide bonds. The average Bonchev–Trinajstić information content (AvgIpc) is 2.17. The van der Waals surface area contributed by atoms with Crippen LogP contribution in [-0.4, -0.2) is 0 Å². The molecule has 0 radical (unpaired) electrons. The molecule has 0 bridgehead atoms. The molecular formula is C12H18BrN. The Balaban J connectivity index is 0.00000169. The van der Waals surface area contributed by atoms with E-state index in [0.717, 1.165) is 6.54 Å². The Morgan fingerprint density at radius 2 is 2.14 bits per heavy atom. The fourth-order valence-electron chi connectivity index (χ4n) is 1.33. The molecule has 0 aliphatic carbocycles. The van der Waals surface area contributed by atoms with Crippen molar-refractivity contribution in [3.05, 3.63) is 36.2 Å². The van der Waals surface area contributed by atoms with Crippen molar-refractivity contribution >= 4 is 6.08 Å². The summed E-state index contributed by atoms with van der Waals surface area (Å²) in [5.41, 5.74) is 2.51. The Kier molecular flexibility index (Phi) is 6.46. The van der Waals surface area contributed by atoms with Crippen LogP contribution in [0.4, 0.5) is 0 Å². The summed E-state index contributed by atoms with van der Waals surface area (Å²) >= 11 is 0. The molecule has 14 heavy (non-hydrogen) atoms. The number of aromatic nitrogens is 1. The van der Waals surface area contributed by atoms with Crippen LogP contribution in [0, 0.1) is 6.92 Å². The van der Waals surface area contributed by atoms with Crippen LogP contribution in [0.1, 0.15) is 31.0 Å². The number of halogens is 1. The normalized spacial score (nSPS) is 9.29. The van der Waals surface area contributed by atoms with Crippen LogP contribution in [0.15, 0.2) is 24.9 Å². The zero-order valence-corrected chi connectivity index (χ0v) is 10.5. The zero-order valence-electron chi connectivity index (χ0n) is 8.96.